The van der Waals surface area contributed by atoms with Crippen LogP contribution in [0.1, 0.15) is 36.8 Å². The highest BCUT2D eigenvalue weighted by atomic mass is 16.5. The highest BCUT2D eigenvalue weighted by Crippen LogP contribution is 2.37. The van der Waals surface area contributed by atoms with Crippen molar-refractivity contribution in [2.75, 3.05) is 12.4 Å². The quantitative estimate of drug-likeness (QED) is 0.804. The van der Waals surface area contributed by atoms with Gasteiger partial charge in [0, 0.05) is 17.4 Å². The first kappa shape index (κ1) is 15.7. The molecule has 0 atom stereocenters. The summed E-state index contributed by atoms with van der Waals surface area (Å²) in [6.45, 7) is 4.16. The van der Waals surface area contributed by atoms with Crippen LogP contribution >= 0.6 is 0 Å². The van der Waals surface area contributed by atoms with Crippen molar-refractivity contribution in [1.29, 1.82) is 0 Å². The van der Waals surface area contributed by atoms with E-state index in [9.17, 15) is 0 Å². The molecule has 1 aliphatic rings. The lowest BCUT2D eigenvalue weighted by molar-refractivity contribution is 0.200. The van der Waals surface area contributed by atoms with Gasteiger partial charge in [-0.2, -0.15) is 0 Å². The maximum atomic E-state index is 6.22. The molecule has 0 heterocycles. The average Bonchev–Trinajstić information content (AvgIpc) is 3.02. The number of methoxy groups -OCH3 is 1. The highest BCUT2D eigenvalue weighted by molar-refractivity contribution is 5.67. The molecule has 0 bridgehead atoms. The van der Waals surface area contributed by atoms with Crippen molar-refractivity contribution in [3.8, 4) is 11.5 Å². The van der Waals surface area contributed by atoms with E-state index in [1.54, 1.807) is 7.11 Å². The Morgan fingerprint density at radius 2 is 1.74 bits per heavy atom. The zero-order chi connectivity index (χ0) is 16.2. The molecule has 2 aromatic rings. The van der Waals surface area contributed by atoms with Gasteiger partial charge in [0.2, 0.25) is 0 Å². The Balaban J connectivity index is 1.88. The summed E-state index contributed by atoms with van der Waals surface area (Å²) in [5, 5.41) is 3.49. The van der Waals surface area contributed by atoms with Gasteiger partial charge >= 0.3 is 0 Å². The van der Waals surface area contributed by atoms with E-state index in [0.29, 0.717) is 6.10 Å². The van der Waals surface area contributed by atoms with Crippen LogP contribution in [0.2, 0.25) is 0 Å². The monoisotopic (exact) mass is 311 g/mol. The molecule has 122 valence electrons. The SMILES string of the molecule is COc1c(C)cc(Nc2ccccc2C)cc1OC1CCCC1. The second-order valence-corrected chi connectivity index (χ2v) is 6.29. The van der Waals surface area contributed by atoms with Crippen molar-refractivity contribution in [2.45, 2.75) is 45.6 Å². The van der Waals surface area contributed by atoms with Gasteiger partial charge in [0.15, 0.2) is 11.5 Å². The number of aryl methyl sites for hydroxylation is 2. The van der Waals surface area contributed by atoms with Crippen LogP contribution in [0.3, 0.4) is 0 Å². The van der Waals surface area contributed by atoms with Crippen LogP contribution in [0.5, 0.6) is 11.5 Å². The number of anilines is 2. The van der Waals surface area contributed by atoms with Gasteiger partial charge in [0.1, 0.15) is 0 Å². The van der Waals surface area contributed by atoms with Crippen LogP contribution in [0.25, 0.3) is 0 Å². The molecule has 0 aromatic heterocycles. The summed E-state index contributed by atoms with van der Waals surface area (Å²) in [4.78, 5) is 0. The lowest BCUT2D eigenvalue weighted by atomic mass is 10.1. The van der Waals surface area contributed by atoms with E-state index in [1.165, 1.54) is 18.4 Å². The molecule has 1 fully saturated rings. The molecule has 0 aliphatic heterocycles. The Labute approximate surface area is 138 Å². The normalized spacial score (nSPS) is 14.7. The van der Waals surface area contributed by atoms with Crippen molar-refractivity contribution >= 4 is 11.4 Å². The molecule has 3 nitrogen and oxygen atoms in total. The van der Waals surface area contributed by atoms with E-state index in [0.717, 1.165) is 41.3 Å². The number of ether oxygens (including phenoxy) is 2. The maximum Gasteiger partial charge on any atom is 0.163 e. The second kappa shape index (κ2) is 6.95. The number of benzene rings is 2. The second-order valence-electron chi connectivity index (χ2n) is 6.29. The minimum absolute atomic E-state index is 0.317. The van der Waals surface area contributed by atoms with Crippen LogP contribution in [0.15, 0.2) is 36.4 Å². The summed E-state index contributed by atoms with van der Waals surface area (Å²) in [6, 6.07) is 12.4. The van der Waals surface area contributed by atoms with Gasteiger partial charge in [-0.1, -0.05) is 18.2 Å². The van der Waals surface area contributed by atoms with Gasteiger partial charge in [0.25, 0.3) is 0 Å². The lowest BCUT2D eigenvalue weighted by Gasteiger charge is -2.19. The fourth-order valence-corrected chi connectivity index (χ4v) is 3.22. The molecule has 0 unspecified atom stereocenters. The third-order valence-electron chi connectivity index (χ3n) is 4.46. The number of para-hydroxylation sites is 1. The van der Waals surface area contributed by atoms with Crippen molar-refractivity contribution in [3.63, 3.8) is 0 Å². The predicted octanol–water partition coefficient (Wildman–Crippen LogP) is 5.38. The third-order valence-corrected chi connectivity index (χ3v) is 4.46. The van der Waals surface area contributed by atoms with Gasteiger partial charge in [-0.15, -0.1) is 0 Å². The number of rotatable bonds is 5. The molecular formula is C20H25NO2. The predicted molar refractivity (Wildman–Crippen MR) is 95.1 cm³/mol. The minimum Gasteiger partial charge on any atom is -0.493 e. The fourth-order valence-electron chi connectivity index (χ4n) is 3.22. The van der Waals surface area contributed by atoms with E-state index in [2.05, 4.69) is 49.5 Å². The Bertz CT molecular complexity index is 675. The van der Waals surface area contributed by atoms with Crippen molar-refractivity contribution in [2.24, 2.45) is 0 Å². The van der Waals surface area contributed by atoms with Crippen LogP contribution in [-0.4, -0.2) is 13.2 Å². The van der Waals surface area contributed by atoms with E-state index in [-0.39, 0.29) is 0 Å². The van der Waals surface area contributed by atoms with Crippen LogP contribution in [0.4, 0.5) is 11.4 Å². The van der Waals surface area contributed by atoms with Gasteiger partial charge < -0.3 is 14.8 Å². The molecule has 23 heavy (non-hydrogen) atoms. The summed E-state index contributed by atoms with van der Waals surface area (Å²) >= 11 is 0. The molecule has 3 heteroatoms. The summed E-state index contributed by atoms with van der Waals surface area (Å²) in [5.74, 6) is 1.68. The standard InChI is InChI=1S/C20H25NO2/c1-14-8-4-7-11-18(14)21-16-12-15(2)20(22-3)19(13-16)23-17-9-5-6-10-17/h4,7-8,11-13,17,21H,5-6,9-10H2,1-3H3. The van der Waals surface area contributed by atoms with Crippen LogP contribution in [0, 0.1) is 13.8 Å². The summed E-state index contributed by atoms with van der Waals surface area (Å²) in [7, 11) is 1.71. The molecule has 2 aromatic carbocycles. The van der Waals surface area contributed by atoms with Gasteiger partial charge in [-0.25, -0.2) is 0 Å². The molecule has 1 aliphatic carbocycles. The molecule has 0 radical (unpaired) electrons. The fraction of sp³-hybridized carbons (Fsp3) is 0.400. The first-order valence-corrected chi connectivity index (χ1v) is 8.35. The van der Waals surface area contributed by atoms with Crippen LogP contribution in [-0.2, 0) is 0 Å². The topological polar surface area (TPSA) is 30.5 Å². The van der Waals surface area contributed by atoms with E-state index in [1.807, 2.05) is 6.07 Å². The Kier molecular flexibility index (Phi) is 4.75. The van der Waals surface area contributed by atoms with Gasteiger partial charge in [0.05, 0.1) is 13.2 Å². The highest BCUT2D eigenvalue weighted by Gasteiger charge is 2.20. The zero-order valence-electron chi connectivity index (χ0n) is 14.2. The number of nitrogens with one attached hydrogen (secondary N) is 1. The first-order chi connectivity index (χ1) is 11.2. The van der Waals surface area contributed by atoms with Crippen molar-refractivity contribution < 1.29 is 9.47 Å². The molecular weight excluding hydrogens is 286 g/mol. The minimum atomic E-state index is 0.317. The Hall–Kier alpha value is -2.16. The summed E-state index contributed by atoms with van der Waals surface area (Å²) < 4.78 is 11.8. The van der Waals surface area contributed by atoms with Crippen LogP contribution < -0.4 is 14.8 Å². The molecule has 1 N–H and O–H groups in total. The first-order valence-electron chi connectivity index (χ1n) is 8.35. The molecule has 0 saturated heterocycles. The third kappa shape index (κ3) is 3.61. The largest absolute Gasteiger partial charge is 0.493 e. The smallest absolute Gasteiger partial charge is 0.163 e. The number of hydrogen-bond acceptors (Lipinski definition) is 3. The van der Waals surface area contributed by atoms with Crippen molar-refractivity contribution in [3.05, 3.63) is 47.5 Å². The summed E-state index contributed by atoms with van der Waals surface area (Å²) in [5.41, 5.74) is 4.45. The van der Waals surface area contributed by atoms with Crippen molar-refractivity contribution in [1.82, 2.24) is 0 Å². The van der Waals surface area contributed by atoms with E-state index >= 15 is 0 Å². The van der Waals surface area contributed by atoms with E-state index < -0.39 is 0 Å². The molecule has 1 saturated carbocycles. The molecule has 3 rings (SSSR count). The van der Waals surface area contributed by atoms with Gasteiger partial charge in [-0.3, -0.25) is 0 Å². The van der Waals surface area contributed by atoms with Gasteiger partial charge in [-0.05, 0) is 62.8 Å². The molecule has 0 amide bonds. The zero-order valence-corrected chi connectivity index (χ0v) is 14.2. The molecule has 0 spiro atoms. The Morgan fingerprint density at radius 3 is 2.43 bits per heavy atom. The summed E-state index contributed by atoms with van der Waals surface area (Å²) in [6.07, 6.45) is 5.10. The number of hydrogen-bond donors (Lipinski definition) is 1. The van der Waals surface area contributed by atoms with E-state index in [4.69, 9.17) is 9.47 Å². The average molecular weight is 311 g/mol. The maximum absolute atomic E-state index is 6.22. The lowest BCUT2D eigenvalue weighted by Crippen LogP contribution is -2.12. The Morgan fingerprint density at radius 1 is 1.00 bits per heavy atom.